The van der Waals surface area contributed by atoms with Crippen LogP contribution in [-0.2, 0) is 22.7 Å². The molecule has 0 aliphatic carbocycles. The summed E-state index contributed by atoms with van der Waals surface area (Å²) in [5, 5.41) is 11.2. The van der Waals surface area contributed by atoms with Crippen LogP contribution in [0.5, 0.6) is 5.75 Å². The highest BCUT2D eigenvalue weighted by molar-refractivity contribution is 6.46. The highest BCUT2D eigenvalue weighted by atomic mass is 16.5. The first-order valence-electron chi connectivity index (χ1n) is 12.1. The number of hydrogen-bond acceptors (Lipinski definition) is 6. The summed E-state index contributed by atoms with van der Waals surface area (Å²) in [6.45, 7) is 3.39. The molecule has 37 heavy (non-hydrogen) atoms. The molecule has 8 heteroatoms. The lowest BCUT2D eigenvalue weighted by Crippen LogP contribution is -2.31. The first kappa shape index (κ1) is 24.1. The van der Waals surface area contributed by atoms with E-state index in [0.717, 1.165) is 11.1 Å². The molecule has 0 saturated carbocycles. The van der Waals surface area contributed by atoms with Crippen molar-refractivity contribution in [2.45, 2.75) is 32.5 Å². The Labute approximate surface area is 214 Å². The van der Waals surface area contributed by atoms with Gasteiger partial charge in [0.15, 0.2) is 0 Å². The number of ether oxygens (including phenoxy) is 1. The number of carbonyl (C=O) groups is 2. The van der Waals surface area contributed by atoms with Crippen molar-refractivity contribution in [1.29, 1.82) is 0 Å². The zero-order valence-electron chi connectivity index (χ0n) is 20.4. The third-order valence-electron chi connectivity index (χ3n) is 6.34. The summed E-state index contributed by atoms with van der Waals surface area (Å²) in [4.78, 5) is 31.6. The number of aromatic nitrogens is 2. The van der Waals surface area contributed by atoms with Crippen LogP contribution in [0.3, 0.4) is 0 Å². The zero-order chi connectivity index (χ0) is 25.8. The van der Waals surface area contributed by atoms with E-state index in [0.29, 0.717) is 43.2 Å². The lowest BCUT2D eigenvalue weighted by Gasteiger charge is -2.23. The molecule has 0 spiro atoms. The number of ketones is 1. The summed E-state index contributed by atoms with van der Waals surface area (Å²) in [5.74, 6) is -0.600. The summed E-state index contributed by atoms with van der Waals surface area (Å²) in [7, 11) is 0. The number of hydrogen-bond donors (Lipinski definition) is 1. The topological polar surface area (TPSA) is 97.8 Å². The van der Waals surface area contributed by atoms with Crippen LogP contribution in [0.1, 0.15) is 34.9 Å². The third kappa shape index (κ3) is 5.18. The van der Waals surface area contributed by atoms with Gasteiger partial charge in [-0.05, 0) is 55.3 Å². The summed E-state index contributed by atoms with van der Waals surface area (Å²) in [6.07, 6.45) is 7.32. The van der Waals surface area contributed by atoms with E-state index in [2.05, 4.69) is 11.1 Å². The van der Waals surface area contributed by atoms with Crippen molar-refractivity contribution in [3.8, 4) is 5.75 Å². The van der Waals surface area contributed by atoms with Gasteiger partial charge < -0.3 is 23.7 Å². The number of benzene rings is 2. The molecule has 2 aromatic carbocycles. The number of furan rings is 1. The van der Waals surface area contributed by atoms with Gasteiger partial charge in [0, 0.05) is 31.0 Å². The van der Waals surface area contributed by atoms with E-state index in [-0.39, 0.29) is 11.3 Å². The summed E-state index contributed by atoms with van der Waals surface area (Å²) < 4.78 is 13.4. The number of carbonyl (C=O) groups excluding carboxylic acids is 2. The van der Waals surface area contributed by atoms with Gasteiger partial charge in [-0.15, -0.1) is 0 Å². The SMILES string of the molecule is Cc1cccc(COc2ccc(C(O)=C3C(=O)C(=O)N(CCCn4ccnc4)[C@@H]3c3ccco3)cc2)c1. The molecule has 1 saturated heterocycles. The van der Waals surface area contributed by atoms with E-state index in [1.54, 1.807) is 48.9 Å². The number of aliphatic hydroxyl groups is 1. The fourth-order valence-electron chi connectivity index (χ4n) is 4.53. The van der Waals surface area contributed by atoms with Gasteiger partial charge in [0.2, 0.25) is 0 Å². The van der Waals surface area contributed by atoms with Crippen LogP contribution in [-0.4, -0.2) is 37.8 Å². The largest absolute Gasteiger partial charge is 0.507 e. The molecule has 1 amide bonds. The quantitative estimate of drug-likeness (QED) is 0.201. The second-order valence-electron chi connectivity index (χ2n) is 8.96. The van der Waals surface area contributed by atoms with Crippen molar-refractivity contribution in [2.75, 3.05) is 6.54 Å². The number of imidazole rings is 1. The molecule has 8 nitrogen and oxygen atoms in total. The Bertz CT molecular complexity index is 1410. The van der Waals surface area contributed by atoms with Crippen molar-refractivity contribution in [2.24, 2.45) is 0 Å². The first-order chi connectivity index (χ1) is 18.0. The fourth-order valence-corrected chi connectivity index (χ4v) is 4.53. The summed E-state index contributed by atoms with van der Waals surface area (Å²) in [6, 6.07) is 17.5. The average Bonchev–Trinajstić information content (AvgIpc) is 3.67. The monoisotopic (exact) mass is 497 g/mol. The third-order valence-corrected chi connectivity index (χ3v) is 6.34. The maximum absolute atomic E-state index is 13.1. The molecule has 1 N–H and O–H groups in total. The van der Waals surface area contributed by atoms with E-state index in [1.165, 1.54) is 11.2 Å². The minimum absolute atomic E-state index is 0.0102. The van der Waals surface area contributed by atoms with Crippen LogP contribution >= 0.6 is 0 Å². The van der Waals surface area contributed by atoms with Crippen molar-refractivity contribution >= 4 is 17.4 Å². The van der Waals surface area contributed by atoms with E-state index >= 15 is 0 Å². The molecule has 5 rings (SSSR count). The number of likely N-dealkylation sites (tertiary alicyclic amines) is 1. The van der Waals surface area contributed by atoms with Crippen LogP contribution in [0.2, 0.25) is 0 Å². The maximum Gasteiger partial charge on any atom is 0.295 e. The van der Waals surface area contributed by atoms with Crippen molar-refractivity contribution in [1.82, 2.24) is 14.5 Å². The Hall–Kier alpha value is -4.59. The molecule has 1 aliphatic rings. The highest BCUT2D eigenvalue weighted by Gasteiger charge is 2.47. The Morgan fingerprint density at radius 2 is 1.92 bits per heavy atom. The van der Waals surface area contributed by atoms with Crippen molar-refractivity contribution in [3.63, 3.8) is 0 Å². The van der Waals surface area contributed by atoms with Crippen LogP contribution in [0.4, 0.5) is 0 Å². The lowest BCUT2D eigenvalue weighted by molar-refractivity contribution is -0.140. The molecular weight excluding hydrogens is 470 g/mol. The Balaban J connectivity index is 1.37. The Kier molecular flexibility index (Phi) is 6.89. The average molecular weight is 498 g/mol. The summed E-state index contributed by atoms with van der Waals surface area (Å²) >= 11 is 0. The second kappa shape index (κ2) is 10.6. The molecule has 1 aliphatic heterocycles. The molecule has 188 valence electrons. The van der Waals surface area contributed by atoms with Crippen molar-refractivity contribution < 1.29 is 23.8 Å². The Morgan fingerprint density at radius 3 is 2.62 bits per heavy atom. The van der Waals surface area contributed by atoms with E-state index < -0.39 is 17.7 Å². The smallest absolute Gasteiger partial charge is 0.295 e. The molecule has 4 aromatic rings. The molecule has 0 radical (unpaired) electrons. The van der Waals surface area contributed by atoms with Gasteiger partial charge in [-0.1, -0.05) is 29.8 Å². The molecule has 1 fully saturated rings. The van der Waals surface area contributed by atoms with Gasteiger partial charge in [0.25, 0.3) is 11.7 Å². The van der Waals surface area contributed by atoms with Gasteiger partial charge >= 0.3 is 0 Å². The fraction of sp³-hybridized carbons (Fsp3) is 0.207. The number of Topliss-reactive ketones (excluding diaryl/α,β-unsaturated/α-hetero) is 1. The number of amides is 1. The predicted molar refractivity (Wildman–Crippen MR) is 137 cm³/mol. The number of aliphatic hydroxyl groups excluding tert-OH is 1. The molecule has 2 aromatic heterocycles. The van der Waals surface area contributed by atoms with Crippen LogP contribution in [0, 0.1) is 6.92 Å². The standard InChI is InChI=1S/C29H27N3O5/c1-20-5-2-6-21(17-20)18-37-23-10-8-22(9-11-23)27(33)25-26(24-7-3-16-36-24)32(29(35)28(25)34)14-4-13-31-15-12-30-19-31/h2-3,5-12,15-17,19,26,33H,4,13-14,18H2,1H3/t26-/m1/s1. The molecule has 0 unspecified atom stereocenters. The van der Waals surface area contributed by atoms with Gasteiger partial charge in [-0.3, -0.25) is 9.59 Å². The number of rotatable bonds is 9. The van der Waals surface area contributed by atoms with Gasteiger partial charge in [0.1, 0.15) is 29.9 Å². The van der Waals surface area contributed by atoms with E-state index in [9.17, 15) is 14.7 Å². The highest BCUT2D eigenvalue weighted by Crippen LogP contribution is 2.39. The molecule has 3 heterocycles. The van der Waals surface area contributed by atoms with Crippen LogP contribution < -0.4 is 4.74 Å². The van der Waals surface area contributed by atoms with Crippen LogP contribution in [0.15, 0.2) is 95.6 Å². The number of nitrogens with zero attached hydrogens (tertiary/aromatic N) is 3. The molecular formula is C29H27N3O5. The lowest BCUT2D eigenvalue weighted by atomic mass is 9.99. The number of aryl methyl sites for hydroxylation is 2. The Morgan fingerprint density at radius 1 is 1.08 bits per heavy atom. The van der Waals surface area contributed by atoms with Gasteiger partial charge in [-0.2, -0.15) is 0 Å². The normalized spacial score (nSPS) is 16.9. The molecule has 1 atom stereocenters. The maximum atomic E-state index is 13.1. The van der Waals surface area contributed by atoms with Gasteiger partial charge in [0.05, 0.1) is 18.2 Å². The second-order valence-corrected chi connectivity index (χ2v) is 8.96. The molecule has 0 bridgehead atoms. The first-order valence-corrected chi connectivity index (χ1v) is 12.1. The minimum atomic E-state index is -0.810. The van der Waals surface area contributed by atoms with Gasteiger partial charge in [-0.25, -0.2) is 4.98 Å². The van der Waals surface area contributed by atoms with Crippen molar-refractivity contribution in [3.05, 3.63) is 114 Å². The van der Waals surface area contributed by atoms with Crippen LogP contribution in [0.25, 0.3) is 5.76 Å². The zero-order valence-corrected chi connectivity index (χ0v) is 20.4. The predicted octanol–water partition coefficient (Wildman–Crippen LogP) is 4.88. The summed E-state index contributed by atoms with van der Waals surface area (Å²) in [5.41, 5.74) is 2.64. The van der Waals surface area contributed by atoms with E-state index in [1.807, 2.05) is 35.9 Å². The minimum Gasteiger partial charge on any atom is -0.507 e. The van der Waals surface area contributed by atoms with E-state index in [4.69, 9.17) is 9.15 Å².